The first-order chi connectivity index (χ1) is 6.91. The second kappa shape index (κ2) is 7.24. The molecule has 2 nitrogen and oxygen atoms in total. The van der Waals surface area contributed by atoms with Crippen LogP contribution in [0.2, 0.25) is 0 Å². The van der Waals surface area contributed by atoms with Crippen molar-refractivity contribution in [3.8, 4) is 0 Å². The van der Waals surface area contributed by atoms with Crippen LogP contribution in [0.15, 0.2) is 0 Å². The molecular formula is C13H27O2. The van der Waals surface area contributed by atoms with Crippen LogP contribution in [0.5, 0.6) is 0 Å². The summed E-state index contributed by atoms with van der Waals surface area (Å²) in [6.07, 6.45) is 4.13. The quantitative estimate of drug-likeness (QED) is 0.653. The zero-order valence-electron chi connectivity index (χ0n) is 10.5. The standard InChI is InChI=1S/C13H27O2/c1-5-11(2)6-7-12(15)10-13(3,4)8-9-14/h11-12,14-15H,1,5-10H2,2-4H3. The van der Waals surface area contributed by atoms with Crippen LogP contribution in [0.3, 0.4) is 0 Å². The summed E-state index contributed by atoms with van der Waals surface area (Å²) in [5.74, 6) is 0.598. The Balaban J connectivity index is 3.77. The van der Waals surface area contributed by atoms with Crippen molar-refractivity contribution in [1.29, 1.82) is 0 Å². The first-order valence-electron chi connectivity index (χ1n) is 5.99. The van der Waals surface area contributed by atoms with Crippen molar-refractivity contribution in [2.45, 2.75) is 59.0 Å². The topological polar surface area (TPSA) is 40.5 Å². The van der Waals surface area contributed by atoms with E-state index < -0.39 is 0 Å². The van der Waals surface area contributed by atoms with Gasteiger partial charge in [-0.3, -0.25) is 0 Å². The number of aliphatic hydroxyl groups is 2. The van der Waals surface area contributed by atoms with Gasteiger partial charge in [0.25, 0.3) is 0 Å². The summed E-state index contributed by atoms with van der Waals surface area (Å²) in [5, 5.41) is 18.7. The van der Waals surface area contributed by atoms with Gasteiger partial charge in [0, 0.05) is 6.61 Å². The van der Waals surface area contributed by atoms with E-state index in [1.165, 1.54) is 0 Å². The van der Waals surface area contributed by atoms with Crippen LogP contribution in [-0.4, -0.2) is 22.9 Å². The number of aliphatic hydroxyl groups excluding tert-OH is 2. The summed E-state index contributed by atoms with van der Waals surface area (Å²) < 4.78 is 0. The summed E-state index contributed by atoms with van der Waals surface area (Å²) in [6, 6.07) is 0. The maximum atomic E-state index is 9.85. The molecule has 0 heterocycles. The van der Waals surface area contributed by atoms with Crippen LogP contribution < -0.4 is 0 Å². The van der Waals surface area contributed by atoms with Gasteiger partial charge in [0.2, 0.25) is 0 Å². The van der Waals surface area contributed by atoms with Gasteiger partial charge in [0.1, 0.15) is 0 Å². The van der Waals surface area contributed by atoms with Crippen molar-refractivity contribution in [2.24, 2.45) is 11.3 Å². The van der Waals surface area contributed by atoms with Gasteiger partial charge in [-0.15, -0.1) is 0 Å². The molecule has 2 unspecified atom stereocenters. The van der Waals surface area contributed by atoms with Crippen LogP contribution in [0, 0.1) is 18.3 Å². The van der Waals surface area contributed by atoms with Crippen LogP contribution in [-0.2, 0) is 0 Å². The Kier molecular flexibility index (Phi) is 7.20. The molecule has 0 aliphatic carbocycles. The summed E-state index contributed by atoms with van der Waals surface area (Å²) in [6.45, 7) is 10.4. The highest BCUT2D eigenvalue weighted by Crippen LogP contribution is 2.28. The Morgan fingerprint density at radius 1 is 1.27 bits per heavy atom. The van der Waals surface area contributed by atoms with Crippen molar-refractivity contribution >= 4 is 0 Å². The predicted octanol–water partition coefficient (Wildman–Crippen LogP) is 2.79. The molecule has 0 bridgehead atoms. The molecule has 0 aliphatic rings. The smallest absolute Gasteiger partial charge is 0.0545 e. The molecule has 0 amide bonds. The zero-order valence-corrected chi connectivity index (χ0v) is 10.5. The van der Waals surface area contributed by atoms with E-state index in [9.17, 15) is 5.11 Å². The second-order valence-corrected chi connectivity index (χ2v) is 5.47. The van der Waals surface area contributed by atoms with Gasteiger partial charge in [-0.1, -0.05) is 34.1 Å². The summed E-state index contributed by atoms with van der Waals surface area (Å²) >= 11 is 0. The van der Waals surface area contributed by atoms with Gasteiger partial charge in [0.05, 0.1) is 6.10 Å². The van der Waals surface area contributed by atoms with E-state index in [4.69, 9.17) is 5.11 Å². The number of hydrogen-bond donors (Lipinski definition) is 2. The predicted molar refractivity (Wildman–Crippen MR) is 64.5 cm³/mol. The molecule has 0 aromatic rings. The lowest BCUT2D eigenvalue weighted by molar-refractivity contribution is 0.0858. The normalized spacial score (nSPS) is 16.4. The van der Waals surface area contributed by atoms with Crippen LogP contribution in [0.4, 0.5) is 0 Å². The maximum absolute atomic E-state index is 9.85. The maximum Gasteiger partial charge on any atom is 0.0545 e. The molecule has 0 aromatic heterocycles. The van der Waals surface area contributed by atoms with Gasteiger partial charge >= 0.3 is 0 Å². The fourth-order valence-electron chi connectivity index (χ4n) is 1.77. The molecule has 0 saturated carbocycles. The average Bonchev–Trinajstić information content (AvgIpc) is 2.13. The molecule has 2 atom stereocenters. The largest absolute Gasteiger partial charge is 0.396 e. The molecule has 15 heavy (non-hydrogen) atoms. The van der Waals surface area contributed by atoms with Gasteiger partial charge in [-0.2, -0.15) is 0 Å². The van der Waals surface area contributed by atoms with Crippen molar-refractivity contribution in [3.05, 3.63) is 6.92 Å². The lowest BCUT2D eigenvalue weighted by atomic mass is 9.82. The molecule has 2 heteroatoms. The van der Waals surface area contributed by atoms with E-state index in [0.29, 0.717) is 5.92 Å². The highest BCUT2D eigenvalue weighted by atomic mass is 16.3. The van der Waals surface area contributed by atoms with Crippen molar-refractivity contribution in [1.82, 2.24) is 0 Å². The molecule has 1 radical (unpaired) electrons. The molecule has 91 valence electrons. The molecule has 0 rings (SSSR count). The molecule has 0 aliphatic heterocycles. The minimum atomic E-state index is -0.236. The summed E-state index contributed by atoms with van der Waals surface area (Å²) in [5.41, 5.74) is 0.0435. The molecule has 0 aromatic carbocycles. The molecule has 0 spiro atoms. The third-order valence-corrected chi connectivity index (χ3v) is 3.06. The van der Waals surface area contributed by atoms with Gasteiger partial charge in [0.15, 0.2) is 0 Å². The lowest BCUT2D eigenvalue weighted by Crippen LogP contribution is -2.22. The molecular weight excluding hydrogens is 188 g/mol. The van der Waals surface area contributed by atoms with Crippen LogP contribution in [0.1, 0.15) is 52.9 Å². The SMILES string of the molecule is [CH2]CC(C)CCC(O)CC(C)(C)CCO. The minimum Gasteiger partial charge on any atom is -0.396 e. The van der Waals surface area contributed by atoms with Crippen molar-refractivity contribution in [3.63, 3.8) is 0 Å². The Morgan fingerprint density at radius 3 is 2.33 bits per heavy atom. The van der Waals surface area contributed by atoms with E-state index in [2.05, 4.69) is 27.7 Å². The van der Waals surface area contributed by atoms with E-state index in [0.717, 1.165) is 32.1 Å². The minimum absolute atomic E-state index is 0.0435. The summed E-state index contributed by atoms with van der Waals surface area (Å²) in [4.78, 5) is 0. The number of rotatable bonds is 8. The van der Waals surface area contributed by atoms with Gasteiger partial charge in [-0.25, -0.2) is 0 Å². The molecule has 0 fully saturated rings. The lowest BCUT2D eigenvalue weighted by Gasteiger charge is -2.27. The first-order valence-corrected chi connectivity index (χ1v) is 5.99. The fraction of sp³-hybridized carbons (Fsp3) is 0.923. The third kappa shape index (κ3) is 7.80. The summed E-state index contributed by atoms with van der Waals surface area (Å²) in [7, 11) is 0. The van der Waals surface area contributed by atoms with E-state index in [1.807, 2.05) is 0 Å². The van der Waals surface area contributed by atoms with Crippen molar-refractivity contribution < 1.29 is 10.2 Å². The molecule has 0 saturated heterocycles. The zero-order chi connectivity index (χ0) is 11.9. The van der Waals surface area contributed by atoms with Crippen LogP contribution in [0.25, 0.3) is 0 Å². The van der Waals surface area contributed by atoms with E-state index >= 15 is 0 Å². The first kappa shape index (κ1) is 14.9. The number of hydrogen-bond acceptors (Lipinski definition) is 2. The Bertz CT molecular complexity index is 155. The van der Waals surface area contributed by atoms with E-state index in [1.54, 1.807) is 0 Å². The highest BCUT2D eigenvalue weighted by molar-refractivity contribution is 4.73. The fourth-order valence-corrected chi connectivity index (χ4v) is 1.77. The van der Waals surface area contributed by atoms with E-state index in [-0.39, 0.29) is 18.1 Å². The second-order valence-electron chi connectivity index (χ2n) is 5.47. The van der Waals surface area contributed by atoms with Crippen molar-refractivity contribution in [2.75, 3.05) is 6.61 Å². The molecule has 2 N–H and O–H groups in total. The monoisotopic (exact) mass is 215 g/mol. The Morgan fingerprint density at radius 2 is 1.87 bits per heavy atom. The Hall–Kier alpha value is -0.0800. The third-order valence-electron chi connectivity index (χ3n) is 3.06. The highest BCUT2D eigenvalue weighted by Gasteiger charge is 2.21. The average molecular weight is 215 g/mol. The van der Waals surface area contributed by atoms with Gasteiger partial charge < -0.3 is 10.2 Å². The Labute approximate surface area is 94.7 Å². The van der Waals surface area contributed by atoms with Crippen LogP contribution >= 0.6 is 0 Å². The van der Waals surface area contributed by atoms with Gasteiger partial charge in [-0.05, 0) is 37.0 Å².